The molecule has 4 aromatic rings. The second kappa shape index (κ2) is 10.5. The maximum absolute atomic E-state index is 12.6. The Morgan fingerprint density at radius 2 is 1.88 bits per heavy atom. The monoisotopic (exact) mass is 584 g/mol. The van der Waals surface area contributed by atoms with E-state index in [4.69, 9.17) is 0 Å². The van der Waals surface area contributed by atoms with Crippen LogP contribution in [0.15, 0.2) is 49.3 Å². The van der Waals surface area contributed by atoms with Crippen molar-refractivity contribution in [3.05, 3.63) is 60.4 Å². The Morgan fingerprint density at radius 3 is 2.62 bits per heavy atom. The van der Waals surface area contributed by atoms with Crippen LogP contribution in [0.3, 0.4) is 0 Å². The summed E-state index contributed by atoms with van der Waals surface area (Å²) in [5, 5.41) is 14.8. The van der Waals surface area contributed by atoms with Gasteiger partial charge in [-0.05, 0) is 50.1 Å². The van der Waals surface area contributed by atoms with E-state index in [-0.39, 0.29) is 5.25 Å². The molecule has 2 N–H and O–H groups in total. The molecule has 1 spiro atoms. The minimum atomic E-state index is -3.46. The molecule has 0 amide bonds. The largest absolute Gasteiger partial charge is 0.370 e. The molecule has 0 radical (unpaired) electrons. The molecular weight excluding hydrogens is 552 g/mol. The molecule has 216 valence electrons. The Balaban J connectivity index is 1.15. The van der Waals surface area contributed by atoms with Crippen LogP contribution in [-0.2, 0) is 17.1 Å². The van der Waals surface area contributed by atoms with Crippen LogP contribution >= 0.6 is 0 Å². The molecule has 1 saturated carbocycles. The molecular formula is C29H32N10O2S. The number of anilines is 3. The Kier molecular flexibility index (Phi) is 6.67. The summed E-state index contributed by atoms with van der Waals surface area (Å²) >= 11 is 0. The Labute approximate surface area is 244 Å². The highest BCUT2D eigenvalue weighted by molar-refractivity contribution is 7.90. The highest BCUT2D eigenvalue weighted by atomic mass is 32.2. The van der Waals surface area contributed by atoms with Crippen molar-refractivity contribution in [3.63, 3.8) is 0 Å². The Morgan fingerprint density at radius 1 is 1.02 bits per heavy atom. The molecule has 3 aliphatic rings. The number of hydrogen-bond acceptors (Lipinski definition) is 10. The van der Waals surface area contributed by atoms with Crippen LogP contribution in [0.5, 0.6) is 0 Å². The molecule has 2 saturated heterocycles. The lowest BCUT2D eigenvalue weighted by atomic mass is 9.77. The van der Waals surface area contributed by atoms with E-state index in [0.717, 1.165) is 59.9 Å². The zero-order chi connectivity index (χ0) is 28.7. The fourth-order valence-corrected chi connectivity index (χ4v) is 7.19. The molecule has 0 atom stereocenters. The normalized spacial score (nSPS) is 18.2. The minimum absolute atomic E-state index is 0.350. The van der Waals surface area contributed by atoms with Crippen LogP contribution in [0.25, 0.3) is 11.4 Å². The van der Waals surface area contributed by atoms with Crippen molar-refractivity contribution in [2.75, 3.05) is 36.4 Å². The van der Waals surface area contributed by atoms with Crippen LogP contribution in [0.4, 0.5) is 17.3 Å². The van der Waals surface area contributed by atoms with Gasteiger partial charge in [0.25, 0.3) is 10.0 Å². The van der Waals surface area contributed by atoms with E-state index >= 15 is 0 Å². The number of aryl methyl sites for hydroxylation is 1. The summed E-state index contributed by atoms with van der Waals surface area (Å²) < 4.78 is 27.9. The Hall–Kier alpha value is -4.28. The van der Waals surface area contributed by atoms with Crippen molar-refractivity contribution in [1.82, 2.24) is 39.2 Å². The zero-order valence-corrected chi connectivity index (χ0v) is 24.2. The van der Waals surface area contributed by atoms with Crippen LogP contribution in [-0.4, -0.2) is 73.8 Å². The second-order valence-electron chi connectivity index (χ2n) is 11.4. The highest BCUT2D eigenvalue weighted by Gasteiger charge is 2.38. The second-order valence-corrected chi connectivity index (χ2v) is 13.5. The van der Waals surface area contributed by atoms with E-state index in [2.05, 4.69) is 52.5 Å². The van der Waals surface area contributed by atoms with Crippen molar-refractivity contribution in [1.29, 1.82) is 0 Å². The molecule has 0 aromatic carbocycles. The first kappa shape index (κ1) is 26.6. The molecule has 6 heterocycles. The summed E-state index contributed by atoms with van der Waals surface area (Å²) in [6, 6.07) is 3.78. The number of hydrogen-bond donors (Lipinski definition) is 2. The predicted octanol–water partition coefficient (Wildman–Crippen LogP) is 2.53. The number of nitrogens with one attached hydrogen (secondary N) is 2. The summed E-state index contributed by atoms with van der Waals surface area (Å²) in [6.07, 6.45) is 14.9. The van der Waals surface area contributed by atoms with Gasteiger partial charge in [0, 0.05) is 51.3 Å². The van der Waals surface area contributed by atoms with Crippen molar-refractivity contribution in [3.8, 4) is 23.2 Å². The minimum Gasteiger partial charge on any atom is -0.370 e. The summed E-state index contributed by atoms with van der Waals surface area (Å²) in [6.45, 7) is 4.11. The fourth-order valence-electron chi connectivity index (χ4n) is 5.72. The summed E-state index contributed by atoms with van der Waals surface area (Å²) in [5.74, 6) is 8.10. The van der Waals surface area contributed by atoms with Gasteiger partial charge in [0.1, 0.15) is 11.6 Å². The number of piperidine rings is 1. The van der Waals surface area contributed by atoms with Gasteiger partial charge in [-0.25, -0.2) is 23.4 Å². The molecule has 12 nitrogen and oxygen atoms in total. The third-order valence-electron chi connectivity index (χ3n) is 8.36. The Bertz CT molecular complexity index is 1780. The fraction of sp³-hybridized carbons (Fsp3) is 0.414. The molecule has 0 bridgehead atoms. The first-order valence-corrected chi connectivity index (χ1v) is 15.7. The summed E-state index contributed by atoms with van der Waals surface area (Å²) in [5.41, 5.74) is 3.67. The van der Waals surface area contributed by atoms with Crippen LogP contribution < -0.4 is 15.5 Å². The van der Waals surface area contributed by atoms with Gasteiger partial charge in [-0.1, -0.05) is 11.8 Å². The van der Waals surface area contributed by atoms with Gasteiger partial charge in [-0.2, -0.15) is 14.3 Å². The average Bonchev–Trinajstić information content (AvgIpc) is 3.35. The van der Waals surface area contributed by atoms with Gasteiger partial charge < -0.3 is 15.5 Å². The third kappa shape index (κ3) is 5.35. The lowest BCUT2D eigenvalue weighted by molar-refractivity contribution is 0.247. The zero-order valence-electron chi connectivity index (χ0n) is 23.4. The van der Waals surface area contributed by atoms with Crippen molar-refractivity contribution < 1.29 is 8.42 Å². The topological polar surface area (TPSA) is 136 Å². The smallest absolute Gasteiger partial charge is 0.256 e. The number of nitrogens with zero attached hydrogens (tertiary/aromatic N) is 8. The van der Waals surface area contributed by atoms with E-state index < -0.39 is 10.0 Å². The first-order valence-electron chi connectivity index (χ1n) is 14.2. The van der Waals surface area contributed by atoms with E-state index in [1.165, 1.54) is 18.8 Å². The van der Waals surface area contributed by atoms with Gasteiger partial charge >= 0.3 is 0 Å². The van der Waals surface area contributed by atoms with Gasteiger partial charge in [0.05, 0.1) is 46.2 Å². The van der Waals surface area contributed by atoms with Gasteiger partial charge in [0.2, 0.25) is 0 Å². The van der Waals surface area contributed by atoms with E-state index in [0.29, 0.717) is 41.3 Å². The summed E-state index contributed by atoms with van der Waals surface area (Å²) in [4.78, 5) is 16.0. The van der Waals surface area contributed by atoms with E-state index in [1.807, 2.05) is 19.3 Å². The van der Waals surface area contributed by atoms with Crippen molar-refractivity contribution in [2.24, 2.45) is 12.5 Å². The average molecular weight is 585 g/mol. The lowest BCUT2D eigenvalue weighted by Gasteiger charge is -2.40. The van der Waals surface area contributed by atoms with Crippen LogP contribution in [0.2, 0.25) is 0 Å². The third-order valence-corrected chi connectivity index (χ3v) is 10.4. The summed E-state index contributed by atoms with van der Waals surface area (Å²) in [7, 11) is -1.58. The lowest BCUT2D eigenvalue weighted by Crippen LogP contribution is -2.41. The highest BCUT2D eigenvalue weighted by Crippen LogP contribution is 2.39. The molecule has 7 rings (SSSR count). The SMILES string of the molecule is Cn1cc(C#Cc2cnc(Nc3ccnc(-c4cnn(S(=O)(=O)C5CC5)c4)n3)cc2N2CCC3(CCNC3)CC2)cn1. The predicted molar refractivity (Wildman–Crippen MR) is 159 cm³/mol. The quantitative estimate of drug-likeness (QED) is 0.326. The molecule has 2 aliphatic heterocycles. The molecule has 1 aliphatic carbocycles. The van der Waals surface area contributed by atoms with Crippen molar-refractivity contribution >= 4 is 27.3 Å². The molecule has 4 aromatic heterocycles. The van der Waals surface area contributed by atoms with Gasteiger partial charge in [-0.3, -0.25) is 4.68 Å². The number of pyridine rings is 1. The van der Waals surface area contributed by atoms with Crippen molar-refractivity contribution in [2.45, 2.75) is 37.4 Å². The van der Waals surface area contributed by atoms with E-state index in [9.17, 15) is 8.42 Å². The van der Waals surface area contributed by atoms with E-state index in [1.54, 1.807) is 29.3 Å². The molecule has 13 heteroatoms. The maximum atomic E-state index is 12.6. The number of aromatic nitrogens is 7. The van der Waals surface area contributed by atoms with Gasteiger partial charge in [0.15, 0.2) is 5.82 Å². The molecule has 0 unspecified atom stereocenters. The number of rotatable bonds is 6. The van der Waals surface area contributed by atoms with Crippen LogP contribution in [0, 0.1) is 17.3 Å². The standard InChI is InChI=1S/C29H32N10O2S/c1-37-18-21(15-33-37)2-3-22-16-32-27(14-25(22)38-12-8-29(9-13-38)7-11-30-20-29)35-26-6-10-31-28(36-26)23-17-34-39(19-23)42(40,41)24-4-5-24/h6,10,14-19,24,30H,4-5,7-9,11-13,20H2,1H3,(H,31,32,35,36). The van der Waals surface area contributed by atoms with Crippen LogP contribution in [0.1, 0.15) is 43.2 Å². The maximum Gasteiger partial charge on any atom is 0.256 e. The first-order chi connectivity index (χ1) is 20.4. The van der Waals surface area contributed by atoms with Gasteiger partial charge in [-0.15, -0.1) is 0 Å². The molecule has 3 fully saturated rings. The molecule has 42 heavy (non-hydrogen) atoms.